The zero-order valence-corrected chi connectivity index (χ0v) is 14.8. The summed E-state index contributed by atoms with van der Waals surface area (Å²) in [6.45, 7) is 0. The van der Waals surface area contributed by atoms with E-state index >= 15 is 0 Å². The number of phenolic OH excluding ortho intramolecular Hbond substituents is 1. The van der Waals surface area contributed by atoms with Gasteiger partial charge in [0.05, 0.1) is 10.6 Å². The molecule has 0 radical (unpaired) electrons. The van der Waals surface area contributed by atoms with Gasteiger partial charge in [-0.05, 0) is 36.4 Å². The van der Waals surface area contributed by atoms with Crippen LogP contribution in [-0.2, 0) is 4.57 Å². The number of hydrogen-bond acceptors (Lipinski definition) is 3. The summed E-state index contributed by atoms with van der Waals surface area (Å²) in [5.74, 6) is 0.650. The van der Waals surface area contributed by atoms with Crippen LogP contribution < -0.4 is 15.1 Å². The van der Waals surface area contributed by atoms with Gasteiger partial charge in [0.15, 0.2) is 0 Å². The largest absolute Gasteiger partial charge is 0.507 e. The van der Waals surface area contributed by atoms with E-state index in [-0.39, 0.29) is 5.75 Å². The third-order valence-electron chi connectivity index (χ3n) is 4.28. The van der Waals surface area contributed by atoms with Gasteiger partial charge < -0.3 is 9.63 Å². The van der Waals surface area contributed by atoms with Crippen LogP contribution in [0.3, 0.4) is 0 Å². The third-order valence-corrected chi connectivity index (χ3v) is 6.69. The standard InChI is InChI=1S/C22H17O3P/c23-21-15-16-22(20-14-8-7-13-19(20)21)25-26(24,17-9-3-1-4-10-17)18-11-5-2-6-12-18/h1-16,23H. The van der Waals surface area contributed by atoms with Gasteiger partial charge in [-0.15, -0.1) is 0 Å². The van der Waals surface area contributed by atoms with Crippen molar-refractivity contribution in [2.75, 3.05) is 0 Å². The van der Waals surface area contributed by atoms with Gasteiger partial charge in [0.2, 0.25) is 0 Å². The molecule has 4 heteroatoms. The van der Waals surface area contributed by atoms with E-state index in [0.29, 0.717) is 21.7 Å². The molecule has 3 nitrogen and oxygen atoms in total. The lowest BCUT2D eigenvalue weighted by atomic mass is 10.1. The maximum atomic E-state index is 14.0. The van der Waals surface area contributed by atoms with Crippen LogP contribution in [0.15, 0.2) is 97.1 Å². The van der Waals surface area contributed by atoms with E-state index in [0.717, 1.165) is 5.39 Å². The first kappa shape index (κ1) is 16.4. The second kappa shape index (κ2) is 6.70. The summed E-state index contributed by atoms with van der Waals surface area (Å²) in [4.78, 5) is 0. The Morgan fingerprint density at radius 2 is 1.12 bits per heavy atom. The molecule has 0 heterocycles. The maximum Gasteiger partial charge on any atom is 0.306 e. The van der Waals surface area contributed by atoms with E-state index < -0.39 is 7.37 Å². The van der Waals surface area contributed by atoms with E-state index in [4.69, 9.17) is 4.52 Å². The van der Waals surface area contributed by atoms with Crippen molar-refractivity contribution >= 4 is 28.8 Å². The minimum absolute atomic E-state index is 0.169. The Balaban J connectivity index is 1.90. The average Bonchev–Trinajstić information content (AvgIpc) is 2.71. The van der Waals surface area contributed by atoms with Crippen molar-refractivity contribution in [3.63, 3.8) is 0 Å². The van der Waals surface area contributed by atoms with E-state index in [9.17, 15) is 9.67 Å². The van der Waals surface area contributed by atoms with E-state index in [1.54, 1.807) is 12.1 Å². The highest BCUT2D eigenvalue weighted by atomic mass is 31.2. The molecule has 4 aromatic carbocycles. The zero-order valence-electron chi connectivity index (χ0n) is 13.9. The number of fused-ring (bicyclic) bond motifs is 1. The highest BCUT2D eigenvalue weighted by molar-refractivity contribution is 7.74. The SMILES string of the molecule is O=P(Oc1ccc(O)c2ccccc12)(c1ccccc1)c1ccccc1. The average molecular weight is 360 g/mol. The molecule has 0 bridgehead atoms. The minimum atomic E-state index is -3.35. The van der Waals surface area contributed by atoms with Crippen LogP contribution in [0.1, 0.15) is 0 Å². The van der Waals surface area contributed by atoms with E-state index in [1.165, 1.54) is 0 Å². The first-order valence-corrected chi connectivity index (χ1v) is 9.92. The van der Waals surface area contributed by atoms with Crippen molar-refractivity contribution in [2.24, 2.45) is 0 Å². The summed E-state index contributed by atoms with van der Waals surface area (Å²) < 4.78 is 20.2. The van der Waals surface area contributed by atoms with Gasteiger partial charge in [0.1, 0.15) is 11.5 Å². The molecule has 0 spiro atoms. The van der Waals surface area contributed by atoms with Crippen LogP contribution >= 0.6 is 7.37 Å². The smallest absolute Gasteiger partial charge is 0.306 e. The molecule has 1 N–H and O–H groups in total. The van der Waals surface area contributed by atoms with Gasteiger partial charge >= 0.3 is 7.37 Å². The number of aromatic hydroxyl groups is 1. The lowest BCUT2D eigenvalue weighted by molar-refractivity contribution is 0.479. The van der Waals surface area contributed by atoms with Crippen LogP contribution in [0.25, 0.3) is 10.8 Å². The number of benzene rings is 4. The Hall–Kier alpha value is -3.03. The topological polar surface area (TPSA) is 46.5 Å². The normalized spacial score (nSPS) is 11.4. The minimum Gasteiger partial charge on any atom is -0.507 e. The lowest BCUT2D eigenvalue weighted by Crippen LogP contribution is -2.20. The molecule has 0 amide bonds. The summed E-state index contributed by atoms with van der Waals surface area (Å²) >= 11 is 0. The first-order valence-electron chi connectivity index (χ1n) is 8.30. The fraction of sp³-hybridized carbons (Fsp3) is 0. The van der Waals surface area contributed by atoms with Crippen molar-refractivity contribution in [3.05, 3.63) is 97.1 Å². The maximum absolute atomic E-state index is 14.0. The molecule has 0 aliphatic heterocycles. The molecule has 0 aliphatic carbocycles. The molecule has 4 aromatic rings. The molecule has 26 heavy (non-hydrogen) atoms. The molecule has 0 saturated heterocycles. The Bertz CT molecular complexity index is 1050. The Kier molecular flexibility index (Phi) is 4.24. The molecule has 4 rings (SSSR count). The zero-order chi connectivity index (χ0) is 18.0. The summed E-state index contributed by atoms with van der Waals surface area (Å²) in [6, 6.07) is 29.0. The van der Waals surface area contributed by atoms with Gasteiger partial charge in [-0.25, -0.2) is 0 Å². The summed E-state index contributed by atoms with van der Waals surface area (Å²) in [5, 5.41) is 12.7. The van der Waals surface area contributed by atoms with Crippen molar-refractivity contribution in [2.45, 2.75) is 0 Å². The predicted octanol–water partition coefficient (Wildman–Crippen LogP) is 4.85. The first-order chi connectivity index (χ1) is 12.7. The highest BCUT2D eigenvalue weighted by Gasteiger charge is 2.30. The van der Waals surface area contributed by atoms with E-state index in [2.05, 4.69) is 0 Å². The molecule has 0 unspecified atom stereocenters. The van der Waals surface area contributed by atoms with Crippen LogP contribution in [0.2, 0.25) is 0 Å². The lowest BCUT2D eigenvalue weighted by Gasteiger charge is -2.21. The van der Waals surface area contributed by atoms with Crippen molar-refractivity contribution in [1.82, 2.24) is 0 Å². The molecule has 0 saturated carbocycles. The molecule has 128 valence electrons. The second-order valence-corrected chi connectivity index (χ2v) is 8.26. The summed E-state index contributed by atoms with van der Waals surface area (Å²) in [5.41, 5.74) is 0. The van der Waals surface area contributed by atoms with Gasteiger partial charge in [-0.3, -0.25) is 4.57 Å². The third kappa shape index (κ3) is 2.87. The van der Waals surface area contributed by atoms with Crippen LogP contribution in [0, 0.1) is 0 Å². The number of rotatable bonds is 4. The quantitative estimate of drug-likeness (QED) is 0.529. The van der Waals surface area contributed by atoms with Gasteiger partial charge in [0.25, 0.3) is 0 Å². The number of phenols is 1. The van der Waals surface area contributed by atoms with E-state index in [1.807, 2.05) is 84.9 Å². The Morgan fingerprint density at radius 3 is 1.69 bits per heavy atom. The Morgan fingerprint density at radius 1 is 0.615 bits per heavy atom. The van der Waals surface area contributed by atoms with Gasteiger partial charge in [-0.1, -0.05) is 60.7 Å². The van der Waals surface area contributed by atoms with Crippen LogP contribution in [-0.4, -0.2) is 5.11 Å². The van der Waals surface area contributed by atoms with Crippen LogP contribution in [0.4, 0.5) is 0 Å². The fourth-order valence-corrected chi connectivity index (χ4v) is 5.05. The van der Waals surface area contributed by atoms with Gasteiger partial charge in [0, 0.05) is 10.8 Å². The van der Waals surface area contributed by atoms with Crippen molar-refractivity contribution in [3.8, 4) is 11.5 Å². The molecular formula is C22H17O3P. The molecule has 0 atom stereocenters. The molecule has 0 fully saturated rings. The molecule has 0 aliphatic rings. The fourth-order valence-electron chi connectivity index (χ4n) is 2.98. The van der Waals surface area contributed by atoms with Crippen LogP contribution in [0.5, 0.6) is 11.5 Å². The molecular weight excluding hydrogens is 343 g/mol. The summed E-state index contributed by atoms with van der Waals surface area (Å²) in [7, 11) is -3.35. The highest BCUT2D eigenvalue weighted by Crippen LogP contribution is 2.47. The molecule has 0 aromatic heterocycles. The Labute approximate surface area is 152 Å². The van der Waals surface area contributed by atoms with Gasteiger partial charge in [-0.2, -0.15) is 0 Å². The van der Waals surface area contributed by atoms with Crippen molar-refractivity contribution in [1.29, 1.82) is 0 Å². The monoisotopic (exact) mass is 360 g/mol. The van der Waals surface area contributed by atoms with Crippen molar-refractivity contribution < 1.29 is 14.2 Å². The predicted molar refractivity (Wildman–Crippen MR) is 106 cm³/mol. The summed E-state index contributed by atoms with van der Waals surface area (Å²) in [6.07, 6.45) is 0. The number of hydrogen-bond donors (Lipinski definition) is 1. The second-order valence-electron chi connectivity index (χ2n) is 5.94.